The fourth-order valence-electron chi connectivity index (χ4n) is 1.73. The van der Waals surface area contributed by atoms with E-state index in [-0.39, 0.29) is 17.9 Å². The quantitative estimate of drug-likeness (QED) is 0.856. The Labute approximate surface area is 112 Å². The van der Waals surface area contributed by atoms with E-state index in [1.165, 1.54) is 13.2 Å². The van der Waals surface area contributed by atoms with Gasteiger partial charge < -0.3 is 4.74 Å². The second-order valence-electron chi connectivity index (χ2n) is 5.45. The largest absolute Gasteiger partial charge is 0.468 e. The molecule has 0 radical (unpaired) electrons. The lowest BCUT2D eigenvalue weighted by molar-refractivity contribution is -0.146. The third-order valence-corrected chi connectivity index (χ3v) is 2.80. The average Bonchev–Trinajstić information content (AvgIpc) is 2.31. The summed E-state index contributed by atoms with van der Waals surface area (Å²) in [6.07, 6.45) is 0. The molecule has 1 aromatic carbocycles. The standard InChI is InChI=1S/C14H19F2NO2/c1-14(2,3)12(13(18)19-4)17-8-9-5-6-10(15)11(16)7-9/h5-7,12,17H,8H2,1-4H3. The molecule has 0 saturated heterocycles. The molecule has 0 heterocycles. The van der Waals surface area contributed by atoms with Crippen LogP contribution in [0.3, 0.4) is 0 Å². The normalized spacial score (nSPS) is 13.2. The summed E-state index contributed by atoms with van der Waals surface area (Å²) in [6.45, 7) is 5.95. The van der Waals surface area contributed by atoms with Crippen LogP contribution < -0.4 is 5.32 Å². The summed E-state index contributed by atoms with van der Waals surface area (Å²) in [5, 5.41) is 3.01. The fourth-order valence-corrected chi connectivity index (χ4v) is 1.73. The maximum Gasteiger partial charge on any atom is 0.323 e. The van der Waals surface area contributed by atoms with Crippen molar-refractivity contribution in [3.8, 4) is 0 Å². The minimum Gasteiger partial charge on any atom is -0.468 e. The van der Waals surface area contributed by atoms with Crippen molar-refractivity contribution in [2.24, 2.45) is 5.41 Å². The molecule has 0 aliphatic heterocycles. The SMILES string of the molecule is COC(=O)C(NCc1ccc(F)c(F)c1)C(C)(C)C. The Morgan fingerprint density at radius 2 is 1.95 bits per heavy atom. The lowest BCUT2D eigenvalue weighted by atomic mass is 9.86. The highest BCUT2D eigenvalue weighted by molar-refractivity contribution is 5.76. The van der Waals surface area contributed by atoms with E-state index in [4.69, 9.17) is 4.74 Å². The highest BCUT2D eigenvalue weighted by Crippen LogP contribution is 2.21. The van der Waals surface area contributed by atoms with Crippen LogP contribution >= 0.6 is 0 Å². The van der Waals surface area contributed by atoms with Crippen LogP contribution in [0.2, 0.25) is 0 Å². The molecule has 0 aromatic heterocycles. The van der Waals surface area contributed by atoms with Crippen LogP contribution in [0.4, 0.5) is 8.78 Å². The second kappa shape index (κ2) is 6.10. The highest BCUT2D eigenvalue weighted by atomic mass is 19.2. The first-order valence-electron chi connectivity index (χ1n) is 6.01. The van der Waals surface area contributed by atoms with Gasteiger partial charge in [0.25, 0.3) is 0 Å². The fraction of sp³-hybridized carbons (Fsp3) is 0.500. The summed E-state index contributed by atoms with van der Waals surface area (Å²) < 4.78 is 30.6. The predicted octanol–water partition coefficient (Wildman–Crippen LogP) is 2.64. The Balaban J connectivity index is 2.76. The van der Waals surface area contributed by atoms with Crippen molar-refractivity contribution in [1.82, 2.24) is 5.32 Å². The van der Waals surface area contributed by atoms with Gasteiger partial charge in [-0.25, -0.2) is 8.78 Å². The molecular weight excluding hydrogens is 252 g/mol. The Hall–Kier alpha value is -1.49. The van der Waals surface area contributed by atoms with E-state index in [9.17, 15) is 13.6 Å². The molecule has 1 atom stereocenters. The number of esters is 1. The molecule has 3 nitrogen and oxygen atoms in total. The van der Waals surface area contributed by atoms with E-state index in [0.29, 0.717) is 5.56 Å². The number of hydrogen-bond donors (Lipinski definition) is 1. The van der Waals surface area contributed by atoms with Crippen LogP contribution in [-0.4, -0.2) is 19.1 Å². The average molecular weight is 271 g/mol. The molecule has 0 amide bonds. The Bertz CT molecular complexity index is 455. The molecule has 1 N–H and O–H groups in total. The van der Waals surface area contributed by atoms with Gasteiger partial charge in [0.2, 0.25) is 0 Å². The van der Waals surface area contributed by atoms with Gasteiger partial charge >= 0.3 is 5.97 Å². The number of hydrogen-bond acceptors (Lipinski definition) is 3. The smallest absolute Gasteiger partial charge is 0.323 e. The molecule has 1 rings (SSSR count). The van der Waals surface area contributed by atoms with Gasteiger partial charge in [0.05, 0.1) is 7.11 Å². The molecule has 5 heteroatoms. The van der Waals surface area contributed by atoms with E-state index in [0.717, 1.165) is 12.1 Å². The molecule has 0 fully saturated rings. The zero-order valence-corrected chi connectivity index (χ0v) is 11.6. The zero-order chi connectivity index (χ0) is 14.6. The molecule has 0 bridgehead atoms. The molecule has 106 valence electrons. The zero-order valence-electron chi connectivity index (χ0n) is 11.6. The number of benzene rings is 1. The number of carbonyl (C=O) groups is 1. The third kappa shape index (κ3) is 4.28. The number of carbonyl (C=O) groups excluding carboxylic acids is 1. The first kappa shape index (κ1) is 15.6. The summed E-state index contributed by atoms with van der Waals surface area (Å²) in [5.41, 5.74) is 0.225. The maximum atomic E-state index is 13.1. The lowest BCUT2D eigenvalue weighted by Crippen LogP contribution is -2.46. The first-order valence-corrected chi connectivity index (χ1v) is 6.01. The number of methoxy groups -OCH3 is 1. The van der Waals surface area contributed by atoms with Crippen LogP contribution in [0.15, 0.2) is 18.2 Å². The molecule has 19 heavy (non-hydrogen) atoms. The number of nitrogens with one attached hydrogen (secondary N) is 1. The van der Waals surface area contributed by atoms with Crippen LogP contribution in [0, 0.1) is 17.0 Å². The van der Waals surface area contributed by atoms with Crippen molar-refractivity contribution >= 4 is 5.97 Å². The summed E-state index contributed by atoms with van der Waals surface area (Å²) >= 11 is 0. The van der Waals surface area contributed by atoms with E-state index in [2.05, 4.69) is 5.32 Å². The van der Waals surface area contributed by atoms with Crippen LogP contribution in [0.25, 0.3) is 0 Å². The summed E-state index contributed by atoms with van der Waals surface area (Å²) in [7, 11) is 1.32. The molecule has 0 spiro atoms. The van der Waals surface area contributed by atoms with Gasteiger partial charge in [0.1, 0.15) is 6.04 Å². The van der Waals surface area contributed by atoms with E-state index >= 15 is 0 Å². The van der Waals surface area contributed by atoms with Gasteiger partial charge in [-0.2, -0.15) is 0 Å². The van der Waals surface area contributed by atoms with Crippen molar-refractivity contribution in [1.29, 1.82) is 0 Å². The van der Waals surface area contributed by atoms with Gasteiger partial charge in [-0.15, -0.1) is 0 Å². The van der Waals surface area contributed by atoms with Gasteiger partial charge in [-0.3, -0.25) is 10.1 Å². The predicted molar refractivity (Wildman–Crippen MR) is 68.5 cm³/mol. The van der Waals surface area contributed by atoms with E-state index < -0.39 is 17.7 Å². The van der Waals surface area contributed by atoms with E-state index in [1.807, 2.05) is 20.8 Å². The minimum absolute atomic E-state index is 0.258. The van der Waals surface area contributed by atoms with Crippen molar-refractivity contribution in [2.75, 3.05) is 7.11 Å². The maximum absolute atomic E-state index is 13.1. The van der Waals surface area contributed by atoms with Gasteiger partial charge in [0, 0.05) is 6.54 Å². The van der Waals surface area contributed by atoms with Gasteiger partial charge in [0.15, 0.2) is 11.6 Å². The molecule has 1 aromatic rings. The number of ether oxygens (including phenoxy) is 1. The van der Waals surface area contributed by atoms with Crippen LogP contribution in [-0.2, 0) is 16.1 Å². The third-order valence-electron chi connectivity index (χ3n) is 2.80. The topological polar surface area (TPSA) is 38.3 Å². The Morgan fingerprint density at radius 3 is 2.42 bits per heavy atom. The van der Waals surface area contributed by atoms with E-state index in [1.54, 1.807) is 0 Å². The minimum atomic E-state index is -0.898. The molecule has 1 unspecified atom stereocenters. The monoisotopic (exact) mass is 271 g/mol. The van der Waals surface area contributed by atoms with Crippen molar-refractivity contribution in [3.05, 3.63) is 35.4 Å². The molecule has 0 aliphatic carbocycles. The van der Waals surface area contributed by atoms with Gasteiger partial charge in [-0.1, -0.05) is 26.8 Å². The summed E-state index contributed by atoms with van der Waals surface area (Å²) in [4.78, 5) is 11.7. The number of halogens is 2. The molecule has 0 aliphatic rings. The van der Waals surface area contributed by atoms with Crippen molar-refractivity contribution in [2.45, 2.75) is 33.4 Å². The Kier molecular flexibility index (Phi) is 5.00. The summed E-state index contributed by atoms with van der Waals surface area (Å²) in [5.74, 6) is -2.16. The van der Waals surface area contributed by atoms with Gasteiger partial charge in [-0.05, 0) is 23.1 Å². The highest BCUT2D eigenvalue weighted by Gasteiger charge is 2.31. The Morgan fingerprint density at radius 1 is 1.32 bits per heavy atom. The van der Waals surface area contributed by atoms with Crippen molar-refractivity contribution in [3.63, 3.8) is 0 Å². The molecular formula is C14H19F2NO2. The number of rotatable bonds is 4. The lowest BCUT2D eigenvalue weighted by Gasteiger charge is -2.29. The van der Waals surface area contributed by atoms with Crippen LogP contribution in [0.5, 0.6) is 0 Å². The molecule has 0 saturated carbocycles. The van der Waals surface area contributed by atoms with Crippen LogP contribution in [0.1, 0.15) is 26.3 Å². The first-order chi connectivity index (χ1) is 8.75. The second-order valence-corrected chi connectivity index (χ2v) is 5.45. The summed E-state index contributed by atoms with van der Waals surface area (Å²) in [6, 6.07) is 3.13. The van der Waals surface area contributed by atoms with Crippen molar-refractivity contribution < 1.29 is 18.3 Å².